The molecule has 0 saturated heterocycles. The van der Waals surface area contributed by atoms with Gasteiger partial charge in [0.05, 0.1) is 19.4 Å². The topological polar surface area (TPSA) is 76.2 Å². The highest BCUT2D eigenvalue weighted by Gasteiger charge is 1.99. The van der Waals surface area contributed by atoms with Gasteiger partial charge in [-0.25, -0.2) is 0 Å². The van der Waals surface area contributed by atoms with Gasteiger partial charge in [0.2, 0.25) is 0 Å². The molecule has 4 nitrogen and oxygen atoms in total. The van der Waals surface area contributed by atoms with Crippen molar-refractivity contribution in [1.82, 2.24) is 0 Å². The van der Waals surface area contributed by atoms with E-state index in [0.29, 0.717) is 0 Å². The number of esters is 1. The Labute approximate surface area is 65.7 Å². The number of ether oxygens (including phenoxy) is 1. The first-order valence-electron chi connectivity index (χ1n) is 2.56. The third-order valence-electron chi connectivity index (χ3n) is 0.826. The number of halogens is 1. The Hall–Kier alpha value is -0.770. The molecule has 0 aromatic heterocycles. The van der Waals surface area contributed by atoms with Gasteiger partial charge < -0.3 is 10.5 Å². The highest BCUT2D eigenvalue weighted by Crippen LogP contribution is 1.88. The summed E-state index contributed by atoms with van der Waals surface area (Å²) in [4.78, 5) is 10.3. The van der Waals surface area contributed by atoms with Crippen LogP contribution in [-0.4, -0.2) is 18.9 Å². The van der Waals surface area contributed by atoms with E-state index >= 15 is 0 Å². The third kappa shape index (κ3) is 7.23. The molecule has 0 unspecified atom stereocenters. The Morgan fingerprint density at radius 2 is 2.10 bits per heavy atom. The Kier molecular flexibility index (Phi) is 7.60. The van der Waals surface area contributed by atoms with Crippen molar-refractivity contribution in [2.75, 3.05) is 7.11 Å². The van der Waals surface area contributed by atoms with E-state index in [1.165, 1.54) is 7.11 Å². The van der Waals surface area contributed by atoms with Crippen molar-refractivity contribution in [3.63, 3.8) is 0 Å². The fraction of sp³-hybridized carbons (Fsp3) is 0.600. The van der Waals surface area contributed by atoms with Gasteiger partial charge in [0.25, 0.3) is 0 Å². The van der Waals surface area contributed by atoms with Crippen LogP contribution in [0.25, 0.3) is 0 Å². The number of hydrogen-bond acceptors (Lipinski definition) is 3. The first kappa shape index (κ1) is 12.0. The van der Waals surface area contributed by atoms with Crippen molar-refractivity contribution in [2.24, 2.45) is 5.73 Å². The lowest BCUT2D eigenvalue weighted by Crippen LogP contribution is -2.12. The highest BCUT2D eigenvalue weighted by molar-refractivity contribution is 5.85. The summed E-state index contributed by atoms with van der Waals surface area (Å²) < 4.78 is 4.31. The van der Waals surface area contributed by atoms with E-state index in [2.05, 4.69) is 4.74 Å². The van der Waals surface area contributed by atoms with Crippen LogP contribution in [0.1, 0.15) is 12.8 Å². The summed E-state index contributed by atoms with van der Waals surface area (Å²) in [5.41, 5.74) is 4.97. The van der Waals surface area contributed by atoms with Crippen molar-refractivity contribution >= 4 is 24.2 Å². The van der Waals surface area contributed by atoms with Gasteiger partial charge in [-0.2, -0.15) is 0 Å². The second-order valence-corrected chi connectivity index (χ2v) is 1.60. The Morgan fingerprint density at radius 1 is 1.60 bits per heavy atom. The Balaban J connectivity index is 0. The average Bonchev–Trinajstić information content (AvgIpc) is 1.83. The maximum Gasteiger partial charge on any atom is 0.305 e. The standard InChI is InChI=1S/C5H10N2O2.ClH/c1-9-5(8)3-2-4(6)7;/h2-3H2,1H3,(H3,6,7);1H. The lowest BCUT2D eigenvalue weighted by atomic mass is 10.3. The SMILES string of the molecule is COC(=O)CCC(=N)N.Cl. The first-order valence-corrected chi connectivity index (χ1v) is 2.56. The molecule has 3 N–H and O–H groups in total. The number of hydrogen-bond donors (Lipinski definition) is 2. The maximum absolute atomic E-state index is 10.3. The van der Waals surface area contributed by atoms with Crippen molar-refractivity contribution in [2.45, 2.75) is 12.8 Å². The summed E-state index contributed by atoms with van der Waals surface area (Å²) in [5.74, 6) is -0.314. The maximum atomic E-state index is 10.3. The lowest BCUT2D eigenvalue weighted by Gasteiger charge is -1.95. The molecule has 0 atom stereocenters. The number of nitrogens with two attached hydrogens (primary N) is 1. The minimum atomic E-state index is -0.329. The van der Waals surface area contributed by atoms with Crippen molar-refractivity contribution in [3.8, 4) is 0 Å². The Bertz CT molecular complexity index is 127. The minimum Gasteiger partial charge on any atom is -0.469 e. The van der Waals surface area contributed by atoms with Gasteiger partial charge in [0.15, 0.2) is 0 Å². The van der Waals surface area contributed by atoms with Crippen LogP contribution in [0, 0.1) is 5.41 Å². The van der Waals surface area contributed by atoms with E-state index in [-0.39, 0.29) is 37.1 Å². The fourth-order valence-electron chi connectivity index (χ4n) is 0.339. The average molecular weight is 167 g/mol. The smallest absolute Gasteiger partial charge is 0.305 e. The quantitative estimate of drug-likeness (QED) is 0.360. The normalized spacial score (nSPS) is 7.70. The first-order chi connectivity index (χ1) is 4.16. The molecule has 10 heavy (non-hydrogen) atoms. The van der Waals surface area contributed by atoms with Gasteiger partial charge in [-0.05, 0) is 0 Å². The molecule has 0 bridgehead atoms. The van der Waals surface area contributed by atoms with Gasteiger partial charge in [0, 0.05) is 6.42 Å². The molecule has 0 aromatic rings. The molecule has 0 aliphatic heterocycles. The second-order valence-electron chi connectivity index (χ2n) is 1.60. The van der Waals surface area contributed by atoms with Gasteiger partial charge >= 0.3 is 5.97 Å². The van der Waals surface area contributed by atoms with E-state index in [4.69, 9.17) is 11.1 Å². The molecule has 60 valence electrons. The van der Waals surface area contributed by atoms with Crippen LogP contribution in [0.3, 0.4) is 0 Å². The van der Waals surface area contributed by atoms with E-state index in [1.807, 2.05) is 0 Å². The van der Waals surface area contributed by atoms with Crippen LogP contribution >= 0.6 is 12.4 Å². The van der Waals surface area contributed by atoms with Crippen LogP contribution in [0.2, 0.25) is 0 Å². The molecule has 0 aliphatic carbocycles. The number of carbonyl (C=O) groups excluding carboxylic acids is 1. The monoisotopic (exact) mass is 166 g/mol. The summed E-state index contributed by atoms with van der Waals surface area (Å²) >= 11 is 0. The Morgan fingerprint density at radius 3 is 2.40 bits per heavy atom. The molecule has 0 spiro atoms. The zero-order chi connectivity index (χ0) is 7.28. The van der Waals surface area contributed by atoms with E-state index < -0.39 is 0 Å². The summed E-state index contributed by atoms with van der Waals surface area (Å²) in [7, 11) is 1.31. The van der Waals surface area contributed by atoms with Crippen LogP contribution in [0.4, 0.5) is 0 Å². The van der Waals surface area contributed by atoms with Gasteiger partial charge in [0.1, 0.15) is 0 Å². The summed E-state index contributed by atoms with van der Waals surface area (Å²) in [6.45, 7) is 0. The van der Waals surface area contributed by atoms with Crippen molar-refractivity contribution in [3.05, 3.63) is 0 Å². The highest BCUT2D eigenvalue weighted by atomic mass is 35.5. The predicted molar refractivity (Wildman–Crippen MR) is 40.4 cm³/mol. The molecule has 0 heterocycles. The third-order valence-corrected chi connectivity index (χ3v) is 0.826. The molecule has 5 heteroatoms. The molecule has 0 fully saturated rings. The van der Waals surface area contributed by atoms with E-state index in [9.17, 15) is 4.79 Å². The van der Waals surface area contributed by atoms with Gasteiger partial charge in [-0.1, -0.05) is 0 Å². The van der Waals surface area contributed by atoms with E-state index in [0.717, 1.165) is 0 Å². The fourth-order valence-corrected chi connectivity index (χ4v) is 0.339. The zero-order valence-corrected chi connectivity index (χ0v) is 6.53. The van der Waals surface area contributed by atoms with Gasteiger partial charge in [-0.15, -0.1) is 12.4 Å². The summed E-state index contributed by atoms with van der Waals surface area (Å²) in [5, 5.41) is 6.73. The van der Waals surface area contributed by atoms with Crippen LogP contribution in [-0.2, 0) is 9.53 Å². The number of methoxy groups -OCH3 is 1. The molecule has 0 amide bonds. The second kappa shape index (κ2) is 6.35. The molecular weight excluding hydrogens is 156 g/mol. The molecule has 0 aromatic carbocycles. The number of nitrogens with one attached hydrogen (secondary N) is 1. The largest absolute Gasteiger partial charge is 0.469 e. The zero-order valence-electron chi connectivity index (χ0n) is 5.72. The lowest BCUT2D eigenvalue weighted by molar-refractivity contribution is -0.140. The predicted octanol–water partition coefficient (Wildman–Crippen LogP) is 0.297. The number of amidine groups is 1. The number of carbonyl (C=O) groups is 1. The molecule has 0 aliphatic rings. The molecule has 0 saturated carbocycles. The summed E-state index contributed by atoms with van der Waals surface area (Å²) in [6.07, 6.45) is 0.485. The number of rotatable bonds is 3. The molecule has 0 radical (unpaired) electrons. The minimum absolute atomic E-state index is 0. The van der Waals surface area contributed by atoms with Gasteiger partial charge in [-0.3, -0.25) is 10.2 Å². The van der Waals surface area contributed by atoms with Crippen LogP contribution in [0.15, 0.2) is 0 Å². The van der Waals surface area contributed by atoms with E-state index in [1.54, 1.807) is 0 Å². The molecular formula is C5H11ClN2O2. The van der Waals surface area contributed by atoms with Crippen LogP contribution < -0.4 is 5.73 Å². The van der Waals surface area contributed by atoms with Crippen molar-refractivity contribution < 1.29 is 9.53 Å². The molecule has 0 rings (SSSR count). The van der Waals surface area contributed by atoms with Crippen LogP contribution in [0.5, 0.6) is 0 Å². The summed E-state index contributed by atoms with van der Waals surface area (Å²) in [6, 6.07) is 0. The van der Waals surface area contributed by atoms with Crippen molar-refractivity contribution in [1.29, 1.82) is 5.41 Å².